The third-order valence-corrected chi connectivity index (χ3v) is 3.48. The number of hydrogen-bond acceptors (Lipinski definition) is 4. The van der Waals surface area contributed by atoms with E-state index in [1.54, 1.807) is 12.3 Å². The third kappa shape index (κ3) is 3.03. The summed E-state index contributed by atoms with van der Waals surface area (Å²) in [7, 11) is 0. The number of carbonyl (C=O) groups is 1. The van der Waals surface area contributed by atoms with Gasteiger partial charge in [-0.05, 0) is 29.2 Å². The van der Waals surface area contributed by atoms with E-state index in [0.29, 0.717) is 13.2 Å². The summed E-state index contributed by atoms with van der Waals surface area (Å²) in [6.07, 6.45) is 3.22. The lowest BCUT2D eigenvalue weighted by Crippen LogP contribution is -2.33. The quantitative estimate of drug-likeness (QED) is 0.900. The highest BCUT2D eigenvalue weighted by Crippen LogP contribution is 2.27. The highest BCUT2D eigenvalue weighted by atomic mass is 16.5. The van der Waals surface area contributed by atoms with E-state index in [0.717, 1.165) is 23.1 Å². The number of hydrogen-bond donors (Lipinski definition) is 2. The molecule has 0 fully saturated rings. The Morgan fingerprint density at radius 1 is 1.38 bits per heavy atom. The molecule has 2 aromatic rings. The fourth-order valence-electron chi connectivity index (χ4n) is 2.46. The van der Waals surface area contributed by atoms with E-state index >= 15 is 0 Å². The number of fused-ring (bicyclic) bond motifs is 1. The monoisotopic (exact) mass is 284 g/mol. The maximum absolute atomic E-state index is 12.3. The van der Waals surface area contributed by atoms with Crippen LogP contribution in [0.3, 0.4) is 0 Å². The van der Waals surface area contributed by atoms with Crippen molar-refractivity contribution in [2.45, 2.75) is 19.1 Å². The number of nitrogens with zero attached hydrogens (tertiary/aromatic N) is 1. The van der Waals surface area contributed by atoms with Gasteiger partial charge in [0.1, 0.15) is 5.75 Å². The largest absolute Gasteiger partial charge is 0.506 e. The molecule has 0 bridgehead atoms. The Labute approximate surface area is 122 Å². The molecule has 1 aliphatic rings. The maximum Gasteiger partial charge on any atom is 0.254 e. The van der Waals surface area contributed by atoms with Gasteiger partial charge in [-0.25, -0.2) is 0 Å². The Hall–Kier alpha value is -2.40. The Morgan fingerprint density at radius 2 is 2.24 bits per heavy atom. The van der Waals surface area contributed by atoms with Crippen LogP contribution in [0.15, 0.2) is 42.7 Å². The molecule has 0 aliphatic carbocycles. The van der Waals surface area contributed by atoms with Gasteiger partial charge < -0.3 is 15.2 Å². The minimum Gasteiger partial charge on any atom is -0.506 e. The molecule has 1 aliphatic heterocycles. The predicted molar refractivity (Wildman–Crippen MR) is 76.6 cm³/mol. The highest BCUT2D eigenvalue weighted by molar-refractivity contribution is 5.82. The van der Waals surface area contributed by atoms with Crippen molar-refractivity contribution in [1.29, 1.82) is 0 Å². The number of rotatable bonds is 3. The molecule has 1 unspecified atom stereocenters. The summed E-state index contributed by atoms with van der Waals surface area (Å²) in [5.41, 5.74) is 2.82. The van der Waals surface area contributed by atoms with Crippen molar-refractivity contribution in [2.75, 3.05) is 6.61 Å². The molecule has 0 saturated carbocycles. The summed E-state index contributed by atoms with van der Waals surface area (Å²) in [6, 6.07) is 9.40. The topological polar surface area (TPSA) is 71.5 Å². The molecule has 21 heavy (non-hydrogen) atoms. The number of carbonyl (C=O) groups excluding carboxylic acids is 1. The molecule has 0 saturated heterocycles. The maximum atomic E-state index is 12.3. The first kappa shape index (κ1) is 13.6. The van der Waals surface area contributed by atoms with Crippen LogP contribution in [-0.4, -0.2) is 22.6 Å². The smallest absolute Gasteiger partial charge is 0.254 e. The van der Waals surface area contributed by atoms with Crippen LogP contribution in [0.25, 0.3) is 0 Å². The normalized spacial score (nSPS) is 17.0. The Bertz CT molecular complexity index is 657. The summed E-state index contributed by atoms with van der Waals surface area (Å²) in [6.45, 7) is 0.852. The van der Waals surface area contributed by atoms with Gasteiger partial charge in [0.15, 0.2) is 6.10 Å². The third-order valence-electron chi connectivity index (χ3n) is 3.48. The van der Waals surface area contributed by atoms with Gasteiger partial charge in [-0.3, -0.25) is 9.78 Å². The van der Waals surface area contributed by atoms with Gasteiger partial charge in [0.05, 0.1) is 12.8 Å². The molecule has 1 aromatic carbocycles. The number of aromatic nitrogens is 1. The van der Waals surface area contributed by atoms with Gasteiger partial charge in [0.25, 0.3) is 5.91 Å². The van der Waals surface area contributed by atoms with Gasteiger partial charge in [0, 0.05) is 12.7 Å². The second-order valence-corrected chi connectivity index (χ2v) is 4.97. The lowest BCUT2D eigenvalue weighted by atomic mass is 9.97. The summed E-state index contributed by atoms with van der Waals surface area (Å²) in [5.74, 6) is -0.0912. The Morgan fingerprint density at radius 3 is 3.10 bits per heavy atom. The molecular formula is C16H16N2O3. The van der Waals surface area contributed by atoms with E-state index in [9.17, 15) is 9.90 Å². The molecule has 1 amide bonds. The first-order chi connectivity index (χ1) is 10.2. The lowest BCUT2D eigenvalue weighted by molar-refractivity contribution is -0.134. The molecule has 5 nitrogen and oxygen atoms in total. The number of benzene rings is 1. The molecule has 2 N–H and O–H groups in total. The zero-order chi connectivity index (χ0) is 14.7. The van der Waals surface area contributed by atoms with Gasteiger partial charge in [-0.15, -0.1) is 0 Å². The van der Waals surface area contributed by atoms with Crippen molar-refractivity contribution >= 4 is 5.91 Å². The molecule has 1 aromatic heterocycles. The number of pyridine rings is 1. The van der Waals surface area contributed by atoms with E-state index in [1.165, 1.54) is 6.20 Å². The van der Waals surface area contributed by atoms with Crippen LogP contribution >= 0.6 is 0 Å². The first-order valence-corrected chi connectivity index (χ1v) is 6.84. The Balaban J connectivity index is 1.69. The number of nitrogens with one attached hydrogen (secondary N) is 1. The molecule has 0 radical (unpaired) electrons. The molecule has 108 valence electrons. The number of amides is 1. The van der Waals surface area contributed by atoms with E-state index in [2.05, 4.69) is 10.3 Å². The van der Waals surface area contributed by atoms with Crippen molar-refractivity contribution in [3.63, 3.8) is 0 Å². The molecule has 2 heterocycles. The Kier molecular flexibility index (Phi) is 3.83. The number of ether oxygens (including phenoxy) is 1. The molecular weight excluding hydrogens is 268 g/mol. The van der Waals surface area contributed by atoms with Gasteiger partial charge in [-0.2, -0.15) is 0 Å². The van der Waals surface area contributed by atoms with Gasteiger partial charge in [0.2, 0.25) is 0 Å². The van der Waals surface area contributed by atoms with Crippen molar-refractivity contribution in [1.82, 2.24) is 10.3 Å². The first-order valence-electron chi connectivity index (χ1n) is 6.84. The van der Waals surface area contributed by atoms with Crippen molar-refractivity contribution in [2.24, 2.45) is 0 Å². The van der Waals surface area contributed by atoms with Crippen molar-refractivity contribution in [3.05, 3.63) is 59.4 Å². The zero-order valence-corrected chi connectivity index (χ0v) is 11.5. The van der Waals surface area contributed by atoms with Gasteiger partial charge >= 0.3 is 0 Å². The second kappa shape index (κ2) is 5.93. The minimum absolute atomic E-state index is 0.0843. The average Bonchev–Trinajstić information content (AvgIpc) is 2.52. The van der Waals surface area contributed by atoms with Crippen LogP contribution in [0.5, 0.6) is 5.75 Å². The van der Waals surface area contributed by atoms with Crippen LogP contribution in [0.1, 0.15) is 22.8 Å². The van der Waals surface area contributed by atoms with E-state index < -0.39 is 6.10 Å². The van der Waals surface area contributed by atoms with Crippen LogP contribution in [0.4, 0.5) is 0 Å². The summed E-state index contributed by atoms with van der Waals surface area (Å²) in [5, 5.41) is 12.2. The minimum atomic E-state index is -0.569. The highest BCUT2D eigenvalue weighted by Gasteiger charge is 2.26. The van der Waals surface area contributed by atoms with Crippen molar-refractivity contribution in [3.8, 4) is 5.75 Å². The van der Waals surface area contributed by atoms with E-state index in [-0.39, 0.29) is 11.7 Å². The summed E-state index contributed by atoms with van der Waals surface area (Å²) in [4.78, 5) is 16.2. The number of aromatic hydroxyl groups is 1. The van der Waals surface area contributed by atoms with Crippen molar-refractivity contribution < 1.29 is 14.6 Å². The van der Waals surface area contributed by atoms with Crippen LogP contribution in [0, 0.1) is 0 Å². The summed E-state index contributed by atoms with van der Waals surface area (Å²) < 4.78 is 5.60. The molecule has 5 heteroatoms. The fraction of sp³-hybridized carbons (Fsp3) is 0.250. The van der Waals surface area contributed by atoms with Crippen LogP contribution in [-0.2, 0) is 22.5 Å². The predicted octanol–water partition coefficient (Wildman–Crippen LogP) is 1.72. The molecule has 0 spiro atoms. The zero-order valence-electron chi connectivity index (χ0n) is 11.5. The molecule has 3 rings (SSSR count). The van der Waals surface area contributed by atoms with Crippen LogP contribution < -0.4 is 5.32 Å². The lowest BCUT2D eigenvalue weighted by Gasteiger charge is -2.25. The fourth-order valence-corrected chi connectivity index (χ4v) is 2.46. The SMILES string of the molecule is O=C(NCc1cncc(O)c1)C1OCCc2ccccc21. The average molecular weight is 284 g/mol. The van der Waals surface area contributed by atoms with E-state index in [1.807, 2.05) is 24.3 Å². The second-order valence-electron chi connectivity index (χ2n) is 4.97. The van der Waals surface area contributed by atoms with Crippen LogP contribution in [0.2, 0.25) is 0 Å². The standard InChI is InChI=1S/C16H16N2O3/c19-13-7-11(8-17-10-13)9-18-16(20)15-14-4-2-1-3-12(14)5-6-21-15/h1-4,7-8,10,15,19H,5-6,9H2,(H,18,20). The van der Waals surface area contributed by atoms with E-state index in [4.69, 9.17) is 4.74 Å². The summed E-state index contributed by atoms with van der Waals surface area (Å²) >= 11 is 0. The molecule has 1 atom stereocenters. The van der Waals surface area contributed by atoms with Gasteiger partial charge in [-0.1, -0.05) is 24.3 Å².